The van der Waals surface area contributed by atoms with E-state index in [9.17, 15) is 4.79 Å². The van der Waals surface area contributed by atoms with Gasteiger partial charge in [-0.2, -0.15) is 0 Å². The molecular weight excluding hydrogens is 232 g/mol. The molecule has 1 aromatic heterocycles. The van der Waals surface area contributed by atoms with Crippen LogP contribution in [-0.2, 0) is 14.3 Å². The summed E-state index contributed by atoms with van der Waals surface area (Å²) >= 11 is 0. The Labute approximate surface area is 107 Å². The average molecular weight is 250 g/mol. The van der Waals surface area contributed by atoms with Crippen LogP contribution >= 0.6 is 0 Å². The smallest absolute Gasteiger partial charge is 0.327 e. The van der Waals surface area contributed by atoms with E-state index in [-0.39, 0.29) is 12.1 Å². The van der Waals surface area contributed by atoms with Gasteiger partial charge in [-0.3, -0.25) is 10.3 Å². The van der Waals surface area contributed by atoms with Crippen LogP contribution in [0.2, 0.25) is 0 Å². The standard InChI is InChI=1S/C13H18N2O3/c1-17-13(16)12(10-4-2-6-14-8-10)15-9-11-5-3-7-18-11/h2,4,6,8,11-12,15H,3,5,7,9H2,1H3. The van der Waals surface area contributed by atoms with E-state index in [1.807, 2.05) is 6.07 Å². The number of hydrogen-bond acceptors (Lipinski definition) is 5. The van der Waals surface area contributed by atoms with Gasteiger partial charge in [-0.25, -0.2) is 4.79 Å². The van der Waals surface area contributed by atoms with Gasteiger partial charge in [0.15, 0.2) is 0 Å². The number of nitrogens with one attached hydrogen (secondary N) is 1. The number of rotatable bonds is 5. The van der Waals surface area contributed by atoms with Crippen molar-refractivity contribution < 1.29 is 14.3 Å². The molecule has 1 aromatic rings. The van der Waals surface area contributed by atoms with Crippen LogP contribution < -0.4 is 5.32 Å². The predicted octanol–water partition coefficient (Wildman–Crippen LogP) is 1.06. The molecule has 1 N–H and O–H groups in total. The molecule has 1 fully saturated rings. The van der Waals surface area contributed by atoms with Crippen LogP contribution in [0.3, 0.4) is 0 Å². The molecule has 1 aliphatic rings. The minimum Gasteiger partial charge on any atom is -0.468 e. The predicted molar refractivity (Wildman–Crippen MR) is 66.0 cm³/mol. The first-order valence-electron chi connectivity index (χ1n) is 6.14. The van der Waals surface area contributed by atoms with Crippen LogP contribution in [0.1, 0.15) is 24.4 Å². The minimum atomic E-state index is -0.479. The van der Waals surface area contributed by atoms with E-state index in [4.69, 9.17) is 9.47 Å². The second kappa shape index (κ2) is 6.47. The first kappa shape index (κ1) is 13.0. The zero-order chi connectivity index (χ0) is 12.8. The molecule has 0 spiro atoms. The van der Waals surface area contributed by atoms with E-state index in [0.29, 0.717) is 6.54 Å². The fourth-order valence-corrected chi connectivity index (χ4v) is 2.06. The molecular formula is C13H18N2O3. The first-order chi connectivity index (χ1) is 8.81. The maximum atomic E-state index is 11.8. The molecule has 2 rings (SSSR count). The third-order valence-corrected chi connectivity index (χ3v) is 3.03. The van der Waals surface area contributed by atoms with Crippen molar-refractivity contribution in [1.29, 1.82) is 0 Å². The number of methoxy groups -OCH3 is 1. The molecule has 5 heteroatoms. The topological polar surface area (TPSA) is 60.5 Å². The molecule has 2 atom stereocenters. The largest absolute Gasteiger partial charge is 0.468 e. The highest BCUT2D eigenvalue weighted by Gasteiger charge is 2.23. The molecule has 1 saturated heterocycles. The number of esters is 1. The molecule has 0 saturated carbocycles. The molecule has 0 amide bonds. The van der Waals surface area contributed by atoms with Crippen LogP contribution in [0, 0.1) is 0 Å². The van der Waals surface area contributed by atoms with Crippen LogP contribution in [0.15, 0.2) is 24.5 Å². The highest BCUT2D eigenvalue weighted by Crippen LogP contribution is 2.16. The number of pyridine rings is 1. The lowest BCUT2D eigenvalue weighted by Gasteiger charge is -2.18. The molecule has 0 aromatic carbocycles. The summed E-state index contributed by atoms with van der Waals surface area (Å²) < 4.78 is 10.3. The highest BCUT2D eigenvalue weighted by molar-refractivity contribution is 5.77. The molecule has 0 radical (unpaired) electrons. The summed E-state index contributed by atoms with van der Waals surface area (Å²) in [7, 11) is 1.39. The average Bonchev–Trinajstić information content (AvgIpc) is 2.93. The fourth-order valence-electron chi connectivity index (χ4n) is 2.06. The molecule has 5 nitrogen and oxygen atoms in total. The van der Waals surface area contributed by atoms with Crippen LogP contribution in [0.25, 0.3) is 0 Å². The van der Waals surface area contributed by atoms with Gasteiger partial charge in [-0.1, -0.05) is 6.07 Å². The molecule has 0 aliphatic carbocycles. The molecule has 1 aliphatic heterocycles. The van der Waals surface area contributed by atoms with Crippen molar-refractivity contribution in [2.75, 3.05) is 20.3 Å². The summed E-state index contributed by atoms with van der Waals surface area (Å²) in [6.45, 7) is 1.46. The Kier molecular flexibility index (Phi) is 4.66. The lowest BCUT2D eigenvalue weighted by atomic mass is 10.1. The van der Waals surface area contributed by atoms with Crippen molar-refractivity contribution in [1.82, 2.24) is 10.3 Å². The molecule has 98 valence electrons. The Morgan fingerprint density at radius 1 is 1.72 bits per heavy atom. The third kappa shape index (κ3) is 3.27. The SMILES string of the molecule is COC(=O)C(NCC1CCCO1)c1cccnc1. The lowest BCUT2D eigenvalue weighted by Crippen LogP contribution is -2.35. The number of ether oxygens (including phenoxy) is 2. The van der Waals surface area contributed by atoms with Crippen molar-refractivity contribution in [2.45, 2.75) is 25.0 Å². The minimum absolute atomic E-state index is 0.189. The number of aromatic nitrogens is 1. The zero-order valence-corrected chi connectivity index (χ0v) is 10.5. The van der Waals surface area contributed by atoms with Crippen molar-refractivity contribution in [3.63, 3.8) is 0 Å². The monoisotopic (exact) mass is 250 g/mol. The van der Waals surface area contributed by atoms with Crippen LogP contribution in [-0.4, -0.2) is 37.3 Å². The van der Waals surface area contributed by atoms with E-state index >= 15 is 0 Å². The molecule has 2 heterocycles. The summed E-state index contributed by atoms with van der Waals surface area (Å²) in [6.07, 6.45) is 5.66. The zero-order valence-electron chi connectivity index (χ0n) is 10.5. The van der Waals surface area contributed by atoms with Gasteiger partial charge >= 0.3 is 5.97 Å². The molecule has 2 unspecified atom stereocenters. The van der Waals surface area contributed by atoms with Crippen molar-refractivity contribution in [3.05, 3.63) is 30.1 Å². The van der Waals surface area contributed by atoms with Gasteiger partial charge in [-0.05, 0) is 24.5 Å². The summed E-state index contributed by atoms with van der Waals surface area (Å²) in [4.78, 5) is 15.8. The number of carbonyl (C=O) groups is 1. The second-order valence-electron chi connectivity index (χ2n) is 4.29. The second-order valence-corrected chi connectivity index (χ2v) is 4.29. The van der Waals surface area contributed by atoms with Gasteiger partial charge in [0.2, 0.25) is 0 Å². The number of carbonyl (C=O) groups excluding carboxylic acids is 1. The van der Waals surface area contributed by atoms with Crippen LogP contribution in [0.5, 0.6) is 0 Å². The number of nitrogens with zero attached hydrogens (tertiary/aromatic N) is 1. The maximum Gasteiger partial charge on any atom is 0.327 e. The first-order valence-corrected chi connectivity index (χ1v) is 6.14. The van der Waals surface area contributed by atoms with E-state index in [2.05, 4.69) is 10.3 Å². The quantitative estimate of drug-likeness (QED) is 0.792. The Hall–Kier alpha value is -1.46. The molecule has 0 bridgehead atoms. The van der Waals surface area contributed by atoms with Crippen molar-refractivity contribution >= 4 is 5.97 Å². The van der Waals surface area contributed by atoms with Crippen molar-refractivity contribution in [3.8, 4) is 0 Å². The normalized spacial score (nSPS) is 20.6. The fraction of sp³-hybridized carbons (Fsp3) is 0.538. The van der Waals surface area contributed by atoms with Gasteiger partial charge in [-0.15, -0.1) is 0 Å². The maximum absolute atomic E-state index is 11.8. The van der Waals surface area contributed by atoms with Crippen LogP contribution in [0.4, 0.5) is 0 Å². The summed E-state index contributed by atoms with van der Waals surface area (Å²) in [5, 5.41) is 3.19. The Morgan fingerprint density at radius 2 is 2.61 bits per heavy atom. The lowest BCUT2D eigenvalue weighted by molar-refractivity contribution is -0.143. The Bertz CT molecular complexity index is 377. The van der Waals surface area contributed by atoms with Gasteiger partial charge in [0.25, 0.3) is 0 Å². The van der Waals surface area contributed by atoms with Gasteiger partial charge in [0.1, 0.15) is 6.04 Å². The van der Waals surface area contributed by atoms with E-state index < -0.39 is 6.04 Å². The Morgan fingerprint density at radius 3 is 3.22 bits per heavy atom. The van der Waals surface area contributed by atoms with Gasteiger partial charge < -0.3 is 9.47 Å². The third-order valence-electron chi connectivity index (χ3n) is 3.03. The summed E-state index contributed by atoms with van der Waals surface area (Å²) in [6, 6.07) is 3.18. The van der Waals surface area contributed by atoms with E-state index in [0.717, 1.165) is 25.0 Å². The van der Waals surface area contributed by atoms with Gasteiger partial charge in [0.05, 0.1) is 13.2 Å². The summed E-state index contributed by atoms with van der Waals surface area (Å²) in [5.41, 5.74) is 0.808. The summed E-state index contributed by atoms with van der Waals surface area (Å²) in [5.74, 6) is -0.305. The van der Waals surface area contributed by atoms with E-state index in [1.165, 1.54) is 7.11 Å². The molecule has 18 heavy (non-hydrogen) atoms. The number of hydrogen-bond donors (Lipinski definition) is 1. The highest BCUT2D eigenvalue weighted by atomic mass is 16.5. The van der Waals surface area contributed by atoms with E-state index in [1.54, 1.807) is 18.5 Å². The Balaban J connectivity index is 1.99. The van der Waals surface area contributed by atoms with Gasteiger partial charge in [0, 0.05) is 25.5 Å². The van der Waals surface area contributed by atoms with Crippen molar-refractivity contribution in [2.24, 2.45) is 0 Å².